The number of aromatic nitrogens is 2. The fourth-order valence-corrected chi connectivity index (χ4v) is 4.09. The van der Waals surface area contributed by atoms with Crippen LogP contribution in [0.15, 0.2) is 24.3 Å². The molecule has 6 nitrogen and oxygen atoms in total. The average molecular weight is 349 g/mol. The number of aromatic hydroxyl groups is 1. The van der Waals surface area contributed by atoms with Gasteiger partial charge in [-0.1, -0.05) is 0 Å². The van der Waals surface area contributed by atoms with Gasteiger partial charge in [-0.15, -0.1) is 10.2 Å². The molecule has 0 saturated carbocycles. The van der Waals surface area contributed by atoms with Crippen LogP contribution in [0.3, 0.4) is 0 Å². The van der Waals surface area contributed by atoms with E-state index in [9.17, 15) is 5.11 Å². The molecule has 0 radical (unpaired) electrons. The summed E-state index contributed by atoms with van der Waals surface area (Å²) in [5.74, 6) is 1.06. The van der Waals surface area contributed by atoms with Crippen molar-refractivity contribution < 1.29 is 5.11 Å². The van der Waals surface area contributed by atoms with E-state index < -0.39 is 0 Å². The lowest BCUT2D eigenvalue weighted by Crippen LogP contribution is -2.49. The second-order valence-corrected chi connectivity index (χ2v) is 7.28. The number of likely N-dealkylation sites (tertiary alicyclic amines) is 1. The number of phenols is 1. The summed E-state index contributed by atoms with van der Waals surface area (Å²) >= 11 is 0. The van der Waals surface area contributed by atoms with Crippen molar-refractivity contribution >= 4 is 5.82 Å². The molecule has 1 fully saturated rings. The van der Waals surface area contributed by atoms with Gasteiger partial charge in [-0.2, -0.15) is 5.26 Å². The third-order valence-corrected chi connectivity index (χ3v) is 5.41. The van der Waals surface area contributed by atoms with Crippen molar-refractivity contribution in [3.8, 4) is 23.1 Å². The second kappa shape index (κ2) is 6.93. The van der Waals surface area contributed by atoms with Gasteiger partial charge in [-0.05, 0) is 69.1 Å². The zero-order chi connectivity index (χ0) is 18.1. The van der Waals surface area contributed by atoms with Crippen LogP contribution in [-0.2, 0) is 6.42 Å². The molecule has 134 valence electrons. The van der Waals surface area contributed by atoms with Crippen LogP contribution in [0.5, 0.6) is 5.75 Å². The largest absolute Gasteiger partial charge is 0.507 e. The monoisotopic (exact) mass is 349 g/mol. The van der Waals surface area contributed by atoms with Gasteiger partial charge in [0.05, 0.1) is 17.3 Å². The molecule has 2 aliphatic heterocycles. The number of rotatable bonds is 2. The molecule has 1 atom stereocenters. The first-order valence-corrected chi connectivity index (χ1v) is 9.21. The molecule has 1 N–H and O–H groups in total. The first-order valence-electron chi connectivity index (χ1n) is 9.21. The van der Waals surface area contributed by atoms with E-state index in [-0.39, 0.29) is 5.75 Å². The van der Waals surface area contributed by atoms with Crippen LogP contribution in [0.4, 0.5) is 5.82 Å². The van der Waals surface area contributed by atoms with Gasteiger partial charge in [-0.25, -0.2) is 0 Å². The number of likely N-dealkylation sites (N-methyl/N-ethyl adjacent to an activating group) is 1. The Labute approximate surface area is 153 Å². The lowest BCUT2D eigenvalue weighted by atomic mass is 9.98. The number of anilines is 1. The highest BCUT2D eigenvalue weighted by Crippen LogP contribution is 2.34. The highest BCUT2D eigenvalue weighted by atomic mass is 16.3. The predicted octanol–water partition coefficient (Wildman–Crippen LogP) is 2.57. The van der Waals surface area contributed by atoms with Crippen molar-refractivity contribution in [1.29, 1.82) is 5.26 Å². The van der Waals surface area contributed by atoms with Gasteiger partial charge in [0.1, 0.15) is 5.75 Å². The third-order valence-electron chi connectivity index (χ3n) is 5.41. The Balaban J connectivity index is 1.66. The Morgan fingerprint density at radius 2 is 2.08 bits per heavy atom. The zero-order valence-corrected chi connectivity index (χ0v) is 15.0. The normalized spacial score (nSPS) is 20.5. The molecule has 0 bridgehead atoms. The minimum absolute atomic E-state index is 0.0693. The highest BCUT2D eigenvalue weighted by molar-refractivity contribution is 5.69. The van der Waals surface area contributed by atoms with Crippen LogP contribution in [-0.4, -0.2) is 52.9 Å². The quantitative estimate of drug-likeness (QED) is 0.898. The van der Waals surface area contributed by atoms with E-state index in [2.05, 4.69) is 27.0 Å². The number of benzene rings is 1. The minimum Gasteiger partial charge on any atom is -0.507 e. The molecule has 0 unspecified atom stereocenters. The minimum atomic E-state index is 0.0693. The van der Waals surface area contributed by atoms with Gasteiger partial charge in [0.2, 0.25) is 0 Å². The van der Waals surface area contributed by atoms with Crippen LogP contribution in [0.25, 0.3) is 11.3 Å². The van der Waals surface area contributed by atoms with Crippen molar-refractivity contribution in [2.24, 2.45) is 0 Å². The molecule has 0 spiro atoms. The van der Waals surface area contributed by atoms with Gasteiger partial charge < -0.3 is 14.9 Å². The lowest BCUT2D eigenvalue weighted by Gasteiger charge is -2.41. The summed E-state index contributed by atoms with van der Waals surface area (Å²) in [5.41, 5.74) is 2.91. The fourth-order valence-electron chi connectivity index (χ4n) is 4.09. The van der Waals surface area contributed by atoms with Crippen LogP contribution in [0.1, 0.15) is 30.4 Å². The van der Waals surface area contributed by atoms with Crippen LogP contribution in [0.2, 0.25) is 0 Å². The summed E-state index contributed by atoms with van der Waals surface area (Å²) in [7, 11) is 2.18. The summed E-state index contributed by atoms with van der Waals surface area (Å²) in [6.45, 7) is 3.26. The smallest absolute Gasteiger partial charge is 0.154 e. The van der Waals surface area contributed by atoms with E-state index in [1.165, 1.54) is 31.0 Å². The van der Waals surface area contributed by atoms with Gasteiger partial charge in [0, 0.05) is 24.7 Å². The summed E-state index contributed by atoms with van der Waals surface area (Å²) < 4.78 is 0. The van der Waals surface area contributed by atoms with Gasteiger partial charge in [0.25, 0.3) is 0 Å². The molecule has 26 heavy (non-hydrogen) atoms. The molecule has 2 aliphatic rings. The summed E-state index contributed by atoms with van der Waals surface area (Å²) in [4.78, 5) is 4.81. The Bertz CT molecular complexity index is 860. The Kier molecular flexibility index (Phi) is 4.48. The highest BCUT2D eigenvalue weighted by Gasteiger charge is 2.29. The molecule has 4 rings (SSSR count). The molecule has 6 heteroatoms. The predicted molar refractivity (Wildman–Crippen MR) is 100 cm³/mol. The molecular formula is C20H23N5O. The molecule has 0 aliphatic carbocycles. The molecular weight excluding hydrogens is 326 g/mol. The SMILES string of the molecule is CN1CCC[C@@H](N2CCCc3cc(-c4ccc(C#N)cc4O)nnc32)C1. The summed E-state index contributed by atoms with van der Waals surface area (Å²) in [5, 5.41) is 28.1. The number of hydrogen-bond acceptors (Lipinski definition) is 6. The number of hydrogen-bond donors (Lipinski definition) is 1. The summed E-state index contributed by atoms with van der Waals surface area (Å²) in [6.07, 6.45) is 4.51. The van der Waals surface area contributed by atoms with Gasteiger partial charge >= 0.3 is 0 Å². The molecule has 1 aromatic heterocycles. The maximum atomic E-state index is 10.2. The number of nitriles is 1. The van der Waals surface area contributed by atoms with Gasteiger partial charge in [0.15, 0.2) is 5.82 Å². The number of piperidine rings is 1. The van der Waals surface area contributed by atoms with Crippen molar-refractivity contribution in [2.75, 3.05) is 31.6 Å². The standard InChI is InChI=1S/C20H23N5O/c1-24-8-3-5-16(13-24)25-9-2-4-15-11-18(22-23-20(15)25)17-7-6-14(12-21)10-19(17)26/h6-7,10-11,16,26H,2-5,8-9,13H2,1H3/t16-/m1/s1. The van der Waals surface area contributed by atoms with E-state index in [0.717, 1.165) is 31.7 Å². The molecule has 2 aromatic rings. The fraction of sp³-hybridized carbons (Fsp3) is 0.450. The zero-order valence-electron chi connectivity index (χ0n) is 15.0. The van der Waals surface area contributed by atoms with Crippen molar-refractivity contribution in [2.45, 2.75) is 31.7 Å². The Hall–Kier alpha value is -2.65. The summed E-state index contributed by atoms with van der Waals surface area (Å²) in [6, 6.07) is 9.48. The number of fused-ring (bicyclic) bond motifs is 1. The number of aryl methyl sites for hydroxylation is 1. The number of phenolic OH excluding ortho intramolecular Hbond substituents is 1. The second-order valence-electron chi connectivity index (χ2n) is 7.28. The molecule has 0 amide bonds. The lowest BCUT2D eigenvalue weighted by molar-refractivity contribution is 0.242. The van der Waals surface area contributed by atoms with Crippen LogP contribution >= 0.6 is 0 Å². The number of nitrogens with zero attached hydrogens (tertiary/aromatic N) is 5. The van der Waals surface area contributed by atoms with E-state index in [4.69, 9.17) is 5.26 Å². The van der Waals surface area contributed by atoms with Crippen molar-refractivity contribution in [3.05, 3.63) is 35.4 Å². The molecule has 1 saturated heterocycles. The first kappa shape index (κ1) is 16.8. The third kappa shape index (κ3) is 3.11. The van der Waals surface area contributed by atoms with Gasteiger partial charge in [-0.3, -0.25) is 0 Å². The van der Waals surface area contributed by atoms with E-state index in [0.29, 0.717) is 22.9 Å². The Morgan fingerprint density at radius 1 is 1.19 bits per heavy atom. The average Bonchev–Trinajstić information content (AvgIpc) is 2.67. The van der Waals surface area contributed by atoms with E-state index in [1.54, 1.807) is 12.1 Å². The van der Waals surface area contributed by atoms with Crippen molar-refractivity contribution in [1.82, 2.24) is 15.1 Å². The van der Waals surface area contributed by atoms with Crippen LogP contribution in [0, 0.1) is 11.3 Å². The topological polar surface area (TPSA) is 76.3 Å². The Morgan fingerprint density at radius 3 is 2.85 bits per heavy atom. The van der Waals surface area contributed by atoms with E-state index in [1.807, 2.05) is 12.1 Å². The molecule has 1 aromatic carbocycles. The van der Waals surface area contributed by atoms with Crippen LogP contribution < -0.4 is 4.90 Å². The first-order chi connectivity index (χ1) is 12.7. The van der Waals surface area contributed by atoms with Crippen molar-refractivity contribution in [3.63, 3.8) is 0 Å². The maximum absolute atomic E-state index is 10.2. The van der Waals surface area contributed by atoms with E-state index >= 15 is 0 Å². The molecule has 3 heterocycles. The maximum Gasteiger partial charge on any atom is 0.154 e.